The van der Waals surface area contributed by atoms with Gasteiger partial charge in [0.2, 0.25) is 0 Å². The summed E-state index contributed by atoms with van der Waals surface area (Å²) < 4.78 is 2.33. The van der Waals surface area contributed by atoms with Crippen LogP contribution in [0, 0.1) is 0 Å². The van der Waals surface area contributed by atoms with Gasteiger partial charge < -0.3 is 0 Å². The quantitative estimate of drug-likeness (QED) is 0.203. The molecule has 7 aromatic rings. The Hall–Kier alpha value is -5.34. The molecule has 46 heavy (non-hydrogen) atoms. The minimum atomic E-state index is -0.0432. The fourth-order valence-corrected chi connectivity index (χ4v) is 7.86. The maximum Gasteiger partial charge on any atom is 0.0716 e. The molecule has 0 saturated heterocycles. The van der Waals surface area contributed by atoms with Crippen LogP contribution in [-0.2, 0) is 10.8 Å². The third kappa shape index (κ3) is 4.10. The number of hydrogen-bond donors (Lipinski definition) is 1. The Morgan fingerprint density at radius 3 is 2.13 bits per heavy atom. The SMILES string of the molecule is CC1(C)c2ccccc2-c2c1ccc1c2c2ccccc2n1N/C(=C\C1(c2cccc(-c3ccccc3)c2)CC1)c1ccccc1. The Morgan fingerprint density at radius 1 is 0.630 bits per heavy atom. The molecule has 2 aliphatic rings. The van der Waals surface area contributed by atoms with E-state index in [1.54, 1.807) is 0 Å². The Kier molecular flexibility index (Phi) is 5.92. The van der Waals surface area contributed by atoms with Crippen molar-refractivity contribution in [2.45, 2.75) is 37.5 Å². The van der Waals surface area contributed by atoms with Crippen LogP contribution in [0.5, 0.6) is 0 Å². The number of nitrogens with zero attached hydrogens (tertiary/aromatic N) is 1. The second-order valence-electron chi connectivity index (χ2n) is 13.5. The standard InChI is InChI=1S/C44H36N2/c1-43(2)36-22-11-9-20-34(36)41-37(43)24-25-40-42(41)35-21-10-12-23-39(35)46(40)45-38(31-16-7-4-8-17-31)29-44(26-27-44)33-19-13-18-32(28-33)30-14-5-3-6-15-30/h3-25,28-29,45H,26-27H2,1-2H3/b38-29-. The zero-order valence-corrected chi connectivity index (χ0v) is 26.3. The maximum absolute atomic E-state index is 3.99. The van der Waals surface area contributed by atoms with Gasteiger partial charge in [-0.05, 0) is 75.6 Å². The summed E-state index contributed by atoms with van der Waals surface area (Å²) >= 11 is 0. The summed E-state index contributed by atoms with van der Waals surface area (Å²) in [6, 6.07) is 53.2. The smallest absolute Gasteiger partial charge is 0.0716 e. The normalized spacial score (nSPS) is 15.9. The highest BCUT2D eigenvalue weighted by Gasteiger charge is 2.43. The van der Waals surface area contributed by atoms with Crippen LogP contribution in [0.15, 0.2) is 152 Å². The van der Waals surface area contributed by atoms with E-state index in [1.807, 2.05) is 0 Å². The Balaban J connectivity index is 1.23. The predicted molar refractivity (Wildman–Crippen MR) is 194 cm³/mol. The van der Waals surface area contributed by atoms with Crippen LogP contribution >= 0.6 is 0 Å². The molecule has 0 spiro atoms. The molecule has 2 nitrogen and oxygen atoms in total. The molecule has 0 bridgehead atoms. The topological polar surface area (TPSA) is 17.0 Å². The first-order valence-corrected chi connectivity index (χ1v) is 16.4. The molecule has 0 amide bonds. The third-order valence-corrected chi connectivity index (χ3v) is 10.5. The summed E-state index contributed by atoms with van der Waals surface area (Å²) in [4.78, 5) is 0. The highest BCUT2D eigenvalue weighted by atomic mass is 15.4. The first-order valence-electron chi connectivity index (χ1n) is 16.4. The molecular formula is C44H36N2. The van der Waals surface area contributed by atoms with Crippen molar-refractivity contribution in [3.05, 3.63) is 174 Å². The van der Waals surface area contributed by atoms with Crippen LogP contribution in [0.1, 0.15) is 48.9 Å². The van der Waals surface area contributed by atoms with Crippen molar-refractivity contribution in [2.75, 3.05) is 5.43 Å². The number of rotatable bonds is 6. The Bertz CT molecular complexity index is 2300. The van der Waals surface area contributed by atoms with Gasteiger partial charge in [-0.2, -0.15) is 0 Å². The summed E-state index contributed by atoms with van der Waals surface area (Å²) in [6.07, 6.45) is 4.77. The summed E-state index contributed by atoms with van der Waals surface area (Å²) in [6.45, 7) is 4.72. The lowest BCUT2D eigenvalue weighted by Gasteiger charge is -2.22. The number of allylic oxidation sites excluding steroid dienone is 1. The van der Waals surface area contributed by atoms with Crippen molar-refractivity contribution in [3.63, 3.8) is 0 Å². The lowest BCUT2D eigenvalue weighted by Crippen LogP contribution is -2.16. The lowest BCUT2D eigenvalue weighted by molar-refractivity contribution is 0.661. The number of nitrogens with one attached hydrogen (secondary N) is 1. The third-order valence-electron chi connectivity index (χ3n) is 10.5. The fourth-order valence-electron chi connectivity index (χ4n) is 7.86. The van der Waals surface area contributed by atoms with Crippen LogP contribution in [0.2, 0.25) is 0 Å². The minimum Gasteiger partial charge on any atom is -0.293 e. The minimum absolute atomic E-state index is 0.00800. The molecule has 6 aromatic carbocycles. The number of para-hydroxylation sites is 1. The van der Waals surface area contributed by atoms with Crippen LogP contribution in [0.4, 0.5) is 0 Å². The molecule has 1 saturated carbocycles. The van der Waals surface area contributed by atoms with E-state index in [1.165, 1.54) is 66.3 Å². The molecule has 0 aliphatic heterocycles. The highest BCUT2D eigenvalue weighted by Crippen LogP contribution is 2.53. The van der Waals surface area contributed by atoms with Gasteiger partial charge in [0, 0.05) is 21.6 Å². The van der Waals surface area contributed by atoms with E-state index in [9.17, 15) is 0 Å². The van der Waals surface area contributed by atoms with Crippen molar-refractivity contribution < 1.29 is 0 Å². The second kappa shape index (κ2) is 10.1. The Morgan fingerprint density at radius 2 is 1.33 bits per heavy atom. The summed E-state index contributed by atoms with van der Waals surface area (Å²) in [5.41, 5.74) is 18.1. The van der Waals surface area contributed by atoms with E-state index in [2.05, 4.69) is 176 Å². The van der Waals surface area contributed by atoms with Gasteiger partial charge in [0.05, 0.1) is 16.7 Å². The maximum atomic E-state index is 3.99. The highest BCUT2D eigenvalue weighted by molar-refractivity contribution is 6.17. The summed E-state index contributed by atoms with van der Waals surface area (Å²) in [5, 5.41) is 2.60. The molecule has 1 aromatic heterocycles. The first kappa shape index (κ1) is 27.0. The number of benzene rings is 6. The van der Waals surface area contributed by atoms with Crippen LogP contribution in [-0.4, -0.2) is 4.68 Å². The van der Waals surface area contributed by atoms with E-state index >= 15 is 0 Å². The molecule has 1 fully saturated rings. The predicted octanol–water partition coefficient (Wildman–Crippen LogP) is 11.1. The van der Waals surface area contributed by atoms with Gasteiger partial charge in [-0.25, -0.2) is 0 Å². The number of fused-ring (bicyclic) bond motifs is 7. The van der Waals surface area contributed by atoms with Crippen LogP contribution in [0.3, 0.4) is 0 Å². The molecule has 2 heteroatoms. The largest absolute Gasteiger partial charge is 0.293 e. The first-order chi connectivity index (χ1) is 22.5. The molecule has 1 heterocycles. The van der Waals surface area contributed by atoms with Gasteiger partial charge in [0.1, 0.15) is 0 Å². The zero-order valence-electron chi connectivity index (χ0n) is 26.3. The summed E-state index contributed by atoms with van der Waals surface area (Å²) in [5.74, 6) is 0. The van der Waals surface area contributed by atoms with E-state index in [0.29, 0.717) is 0 Å². The second-order valence-corrected chi connectivity index (χ2v) is 13.5. The van der Waals surface area contributed by atoms with Gasteiger partial charge in [-0.1, -0.05) is 147 Å². The van der Waals surface area contributed by atoms with Crippen molar-refractivity contribution >= 4 is 27.5 Å². The average molecular weight is 593 g/mol. The van der Waals surface area contributed by atoms with Gasteiger partial charge in [0.25, 0.3) is 0 Å². The Labute approximate surface area is 270 Å². The molecule has 222 valence electrons. The molecule has 0 radical (unpaired) electrons. The molecule has 9 rings (SSSR count). The number of aromatic nitrogens is 1. The molecule has 0 unspecified atom stereocenters. The van der Waals surface area contributed by atoms with Gasteiger partial charge in [-0.15, -0.1) is 0 Å². The molecule has 1 N–H and O–H groups in total. The molecular weight excluding hydrogens is 556 g/mol. The fraction of sp³-hybridized carbons (Fsp3) is 0.136. The zero-order chi connectivity index (χ0) is 30.9. The van der Waals surface area contributed by atoms with E-state index in [4.69, 9.17) is 0 Å². The molecule has 2 aliphatic carbocycles. The molecule has 0 atom stereocenters. The van der Waals surface area contributed by atoms with Crippen LogP contribution in [0.25, 0.3) is 49.8 Å². The average Bonchev–Trinajstić information content (AvgIpc) is 3.78. The van der Waals surface area contributed by atoms with Crippen molar-refractivity contribution in [1.82, 2.24) is 4.68 Å². The monoisotopic (exact) mass is 592 g/mol. The van der Waals surface area contributed by atoms with Crippen molar-refractivity contribution in [2.24, 2.45) is 0 Å². The summed E-state index contributed by atoms with van der Waals surface area (Å²) in [7, 11) is 0. The van der Waals surface area contributed by atoms with Gasteiger partial charge in [0.15, 0.2) is 0 Å². The van der Waals surface area contributed by atoms with Gasteiger partial charge in [-0.3, -0.25) is 10.1 Å². The van der Waals surface area contributed by atoms with Crippen molar-refractivity contribution in [3.8, 4) is 22.3 Å². The lowest BCUT2D eigenvalue weighted by atomic mass is 9.82. The van der Waals surface area contributed by atoms with Gasteiger partial charge >= 0.3 is 0 Å². The van der Waals surface area contributed by atoms with E-state index < -0.39 is 0 Å². The van der Waals surface area contributed by atoms with Crippen molar-refractivity contribution in [1.29, 1.82) is 0 Å². The van der Waals surface area contributed by atoms with E-state index in [-0.39, 0.29) is 10.8 Å². The van der Waals surface area contributed by atoms with E-state index in [0.717, 1.165) is 18.5 Å². The number of hydrogen-bond acceptors (Lipinski definition) is 1. The van der Waals surface area contributed by atoms with Crippen LogP contribution < -0.4 is 5.43 Å².